The number of halogens is 1. The molecule has 3 heterocycles. The molecule has 1 aliphatic rings. The van der Waals surface area contributed by atoms with Gasteiger partial charge in [0, 0.05) is 30.9 Å². The van der Waals surface area contributed by atoms with Crippen molar-refractivity contribution in [2.45, 2.75) is 13.1 Å². The third-order valence-electron chi connectivity index (χ3n) is 4.44. The van der Waals surface area contributed by atoms with Gasteiger partial charge in [0.15, 0.2) is 5.82 Å². The van der Waals surface area contributed by atoms with E-state index in [1.165, 1.54) is 12.3 Å². The molecule has 30 heavy (non-hydrogen) atoms. The van der Waals surface area contributed by atoms with Crippen LogP contribution in [0.1, 0.15) is 5.69 Å². The van der Waals surface area contributed by atoms with Crippen molar-refractivity contribution >= 4 is 35.0 Å². The minimum absolute atomic E-state index is 0.185. The number of hydrogen-bond acceptors (Lipinski definition) is 7. The fourth-order valence-electron chi connectivity index (χ4n) is 3.00. The summed E-state index contributed by atoms with van der Waals surface area (Å²) >= 11 is 6.21. The summed E-state index contributed by atoms with van der Waals surface area (Å²) in [4.78, 5) is 22.3. The second-order valence-corrected chi connectivity index (χ2v) is 7.18. The fourth-order valence-corrected chi connectivity index (χ4v) is 3.13. The Bertz CT molecular complexity index is 1100. The van der Waals surface area contributed by atoms with E-state index >= 15 is 0 Å². The number of ether oxygens (including phenoxy) is 1. The van der Waals surface area contributed by atoms with Crippen LogP contribution in [0.3, 0.4) is 0 Å². The molecule has 0 atom stereocenters. The molecule has 2 N–H and O–H groups in total. The molecule has 1 aliphatic heterocycles. The Balaban J connectivity index is 1.51. The molecular weight excluding hydrogens is 406 g/mol. The van der Waals surface area contributed by atoms with Crippen molar-refractivity contribution in [2.24, 2.45) is 0 Å². The minimum Gasteiger partial charge on any atom is -0.437 e. The van der Waals surface area contributed by atoms with E-state index in [1.807, 2.05) is 10.7 Å². The molecule has 0 bridgehead atoms. The number of likely N-dealkylation sites (N-methyl/N-ethyl adjacent to an activating group) is 1. The average Bonchev–Trinajstić information content (AvgIpc) is 3.12. The van der Waals surface area contributed by atoms with E-state index in [0.717, 1.165) is 25.3 Å². The predicted octanol–water partition coefficient (Wildman–Crippen LogP) is 3.43. The van der Waals surface area contributed by atoms with Gasteiger partial charge in [-0.1, -0.05) is 24.2 Å². The van der Waals surface area contributed by atoms with Gasteiger partial charge in [-0.05, 0) is 25.3 Å². The lowest BCUT2D eigenvalue weighted by molar-refractivity contribution is -0.111. The molecule has 3 aromatic rings. The summed E-state index contributed by atoms with van der Waals surface area (Å²) in [7, 11) is 2.08. The van der Waals surface area contributed by atoms with Crippen LogP contribution in [-0.2, 0) is 17.9 Å². The van der Waals surface area contributed by atoms with Crippen molar-refractivity contribution in [1.82, 2.24) is 24.6 Å². The zero-order valence-electron chi connectivity index (χ0n) is 16.3. The van der Waals surface area contributed by atoms with Crippen molar-refractivity contribution in [3.05, 3.63) is 59.9 Å². The Hall–Kier alpha value is -3.43. The van der Waals surface area contributed by atoms with Gasteiger partial charge < -0.3 is 15.4 Å². The highest BCUT2D eigenvalue weighted by Crippen LogP contribution is 2.29. The summed E-state index contributed by atoms with van der Waals surface area (Å²) in [5.41, 5.74) is 1.68. The van der Waals surface area contributed by atoms with Gasteiger partial charge in [-0.3, -0.25) is 14.4 Å². The van der Waals surface area contributed by atoms with E-state index in [-0.39, 0.29) is 16.8 Å². The molecule has 1 aromatic carbocycles. The largest absolute Gasteiger partial charge is 0.437 e. The topological polar surface area (TPSA) is 97.2 Å². The molecule has 0 spiro atoms. The Morgan fingerprint density at radius 1 is 1.33 bits per heavy atom. The maximum Gasteiger partial charge on any atom is 0.247 e. The van der Waals surface area contributed by atoms with Gasteiger partial charge in [0.25, 0.3) is 0 Å². The monoisotopic (exact) mass is 425 g/mol. The summed E-state index contributed by atoms with van der Waals surface area (Å²) in [6.45, 7) is 6.06. The number of nitrogens with zero attached hydrogens (tertiary/aromatic N) is 5. The van der Waals surface area contributed by atoms with E-state index in [4.69, 9.17) is 16.3 Å². The first-order valence-electron chi connectivity index (χ1n) is 9.26. The number of hydrogen-bond donors (Lipinski definition) is 2. The highest BCUT2D eigenvalue weighted by atomic mass is 35.5. The number of nitrogens with one attached hydrogen (secondary N) is 2. The van der Waals surface area contributed by atoms with Crippen LogP contribution in [0.4, 0.5) is 17.5 Å². The summed E-state index contributed by atoms with van der Waals surface area (Å²) in [6, 6.07) is 8.84. The van der Waals surface area contributed by atoms with Gasteiger partial charge in [0.2, 0.25) is 17.7 Å². The molecule has 0 radical (unpaired) electrons. The molecule has 2 aromatic heterocycles. The highest BCUT2D eigenvalue weighted by molar-refractivity contribution is 6.31. The van der Waals surface area contributed by atoms with Crippen LogP contribution >= 0.6 is 11.6 Å². The number of anilines is 3. The molecule has 10 heteroatoms. The normalized spacial score (nSPS) is 13.4. The van der Waals surface area contributed by atoms with Gasteiger partial charge in [-0.2, -0.15) is 10.1 Å². The van der Waals surface area contributed by atoms with E-state index in [0.29, 0.717) is 23.2 Å². The van der Waals surface area contributed by atoms with E-state index in [1.54, 1.807) is 24.3 Å². The minimum atomic E-state index is -0.312. The molecule has 4 rings (SSSR count). The second-order valence-electron chi connectivity index (χ2n) is 6.78. The van der Waals surface area contributed by atoms with E-state index in [2.05, 4.69) is 44.2 Å². The maximum absolute atomic E-state index is 11.5. The third kappa shape index (κ3) is 4.58. The molecule has 0 fully saturated rings. The average molecular weight is 426 g/mol. The number of carbonyl (C=O) groups is 1. The molecule has 0 aliphatic carbocycles. The first-order chi connectivity index (χ1) is 14.5. The Morgan fingerprint density at radius 3 is 3.03 bits per heavy atom. The summed E-state index contributed by atoms with van der Waals surface area (Å²) in [5, 5.41) is 10.6. The number of fused-ring (bicyclic) bond motifs is 1. The number of carbonyl (C=O) groups excluding carboxylic acids is 1. The van der Waals surface area contributed by atoms with E-state index in [9.17, 15) is 4.79 Å². The Labute approximate surface area is 178 Å². The van der Waals surface area contributed by atoms with Crippen molar-refractivity contribution in [2.75, 3.05) is 24.2 Å². The highest BCUT2D eigenvalue weighted by Gasteiger charge is 2.16. The molecule has 0 unspecified atom stereocenters. The molecule has 9 nitrogen and oxygen atoms in total. The fraction of sp³-hybridized carbons (Fsp3) is 0.200. The van der Waals surface area contributed by atoms with Crippen molar-refractivity contribution < 1.29 is 9.53 Å². The third-order valence-corrected chi connectivity index (χ3v) is 4.70. The smallest absolute Gasteiger partial charge is 0.247 e. The lowest BCUT2D eigenvalue weighted by Crippen LogP contribution is -2.30. The van der Waals surface area contributed by atoms with Crippen molar-refractivity contribution in [3.63, 3.8) is 0 Å². The second kappa shape index (κ2) is 8.52. The number of aromatic nitrogens is 4. The van der Waals surface area contributed by atoms with Crippen molar-refractivity contribution in [1.29, 1.82) is 0 Å². The van der Waals surface area contributed by atoms with Crippen molar-refractivity contribution in [3.8, 4) is 11.6 Å². The quantitative estimate of drug-likeness (QED) is 0.584. The lowest BCUT2D eigenvalue weighted by Gasteiger charge is -2.22. The van der Waals surface area contributed by atoms with Gasteiger partial charge in [-0.15, -0.1) is 0 Å². The molecule has 0 saturated heterocycles. The van der Waals surface area contributed by atoms with Crippen LogP contribution in [0.25, 0.3) is 0 Å². The standard InChI is InChI=1S/C20H20ClN7O2/c1-3-18(29)23-13-5-4-6-15(9-13)30-19-16(21)11-22-20(25-19)24-17-10-14-12-27(2)7-8-28(14)26-17/h3-6,9-11H,1,7-8,12H2,2H3,(H,23,29)(H,22,24,25,26). The maximum atomic E-state index is 11.5. The van der Waals surface area contributed by atoms with Gasteiger partial charge in [0.05, 0.1) is 18.4 Å². The SMILES string of the molecule is C=CC(=O)Nc1cccc(Oc2nc(Nc3cc4n(n3)CCN(C)C4)ncc2Cl)c1. The zero-order chi connectivity index (χ0) is 21.1. The van der Waals surface area contributed by atoms with Crippen LogP contribution in [0.2, 0.25) is 5.02 Å². The summed E-state index contributed by atoms with van der Waals surface area (Å²) in [6.07, 6.45) is 2.65. The summed E-state index contributed by atoms with van der Waals surface area (Å²) in [5.74, 6) is 1.30. The van der Waals surface area contributed by atoms with Crippen LogP contribution in [0.5, 0.6) is 11.6 Å². The predicted molar refractivity (Wildman–Crippen MR) is 114 cm³/mol. The van der Waals surface area contributed by atoms with Gasteiger partial charge in [-0.25, -0.2) is 4.98 Å². The van der Waals surface area contributed by atoms with Gasteiger partial charge >= 0.3 is 0 Å². The lowest BCUT2D eigenvalue weighted by atomic mass is 10.3. The summed E-state index contributed by atoms with van der Waals surface area (Å²) < 4.78 is 7.78. The van der Waals surface area contributed by atoms with Crippen LogP contribution < -0.4 is 15.4 Å². The first-order valence-corrected chi connectivity index (χ1v) is 9.64. The molecule has 1 amide bonds. The van der Waals surface area contributed by atoms with E-state index < -0.39 is 0 Å². The number of rotatable bonds is 6. The van der Waals surface area contributed by atoms with Gasteiger partial charge in [0.1, 0.15) is 10.8 Å². The first kappa shape index (κ1) is 19.9. The van der Waals surface area contributed by atoms with Crippen LogP contribution in [-0.4, -0.2) is 44.1 Å². The number of benzene rings is 1. The molecule has 154 valence electrons. The Morgan fingerprint density at radius 2 is 2.20 bits per heavy atom. The molecule has 0 saturated carbocycles. The van der Waals surface area contributed by atoms with Crippen LogP contribution in [0, 0.1) is 0 Å². The van der Waals surface area contributed by atoms with Crippen LogP contribution in [0.15, 0.2) is 49.2 Å². The zero-order valence-corrected chi connectivity index (χ0v) is 17.1. The Kier molecular flexibility index (Phi) is 5.64. The molecular formula is C20H20ClN7O2. The number of amides is 1.